The van der Waals surface area contributed by atoms with E-state index in [1.807, 2.05) is 12.1 Å². The van der Waals surface area contributed by atoms with Crippen molar-refractivity contribution in [2.45, 2.75) is 5.03 Å². The Morgan fingerprint density at radius 3 is 2.76 bits per heavy atom. The van der Waals surface area contributed by atoms with Crippen molar-refractivity contribution in [1.82, 2.24) is 15.0 Å². The molecule has 5 nitrogen and oxygen atoms in total. The number of hydrogen-bond donors (Lipinski definition) is 0. The number of fused-ring (bicyclic) bond motifs is 1. The molecule has 0 atom stereocenters. The number of hydrogen-bond acceptors (Lipinski definition) is 6. The predicted molar refractivity (Wildman–Crippen MR) is 67.8 cm³/mol. The van der Waals surface area contributed by atoms with Crippen LogP contribution in [0.3, 0.4) is 0 Å². The minimum atomic E-state index is -2.91. The third kappa shape index (κ3) is 3.64. The first-order valence-corrected chi connectivity index (χ1v) is 7.97. The van der Waals surface area contributed by atoms with Crippen molar-refractivity contribution in [1.29, 1.82) is 0 Å². The summed E-state index contributed by atoms with van der Waals surface area (Å²) in [5, 5.41) is 0.765. The van der Waals surface area contributed by atoms with Gasteiger partial charge in [-0.15, -0.1) is 11.8 Å². The van der Waals surface area contributed by atoms with Crippen LogP contribution in [0.5, 0.6) is 0 Å². The maximum atomic E-state index is 11.0. The third-order valence-electron chi connectivity index (χ3n) is 2.01. The van der Waals surface area contributed by atoms with E-state index in [4.69, 9.17) is 0 Å². The second kappa shape index (κ2) is 4.97. The van der Waals surface area contributed by atoms with Gasteiger partial charge in [-0.1, -0.05) is 0 Å². The fraction of sp³-hybridized carbons (Fsp3) is 0.300. The fourth-order valence-corrected chi connectivity index (χ4v) is 3.28. The van der Waals surface area contributed by atoms with Crippen molar-refractivity contribution in [3.63, 3.8) is 0 Å². The summed E-state index contributed by atoms with van der Waals surface area (Å²) < 4.78 is 22.0. The number of aromatic nitrogens is 3. The molecule has 2 heterocycles. The van der Waals surface area contributed by atoms with Crippen LogP contribution in [-0.4, -0.2) is 41.1 Å². The third-order valence-corrected chi connectivity index (χ3v) is 4.15. The van der Waals surface area contributed by atoms with Crippen molar-refractivity contribution in [2.75, 3.05) is 17.8 Å². The SMILES string of the molecule is CS(=O)(=O)CCSc1ccc2nccnc2n1. The highest BCUT2D eigenvalue weighted by Gasteiger charge is 2.04. The Hall–Kier alpha value is -1.21. The molecule has 0 radical (unpaired) electrons. The molecular formula is C10H11N3O2S2. The minimum Gasteiger partial charge on any atom is -0.251 e. The number of rotatable bonds is 4. The summed E-state index contributed by atoms with van der Waals surface area (Å²) >= 11 is 1.40. The standard InChI is InChI=1S/C10H11N3O2S2/c1-17(14,15)7-6-16-9-3-2-8-10(13-9)12-5-4-11-8/h2-5H,6-7H2,1H3. The zero-order valence-corrected chi connectivity index (χ0v) is 10.8. The van der Waals surface area contributed by atoms with Gasteiger partial charge in [0.25, 0.3) is 0 Å². The highest BCUT2D eigenvalue weighted by molar-refractivity contribution is 8.00. The van der Waals surface area contributed by atoms with Crippen LogP contribution in [0.2, 0.25) is 0 Å². The van der Waals surface area contributed by atoms with Gasteiger partial charge in [-0.25, -0.2) is 18.4 Å². The van der Waals surface area contributed by atoms with Crippen LogP contribution < -0.4 is 0 Å². The Morgan fingerprint density at radius 2 is 2.00 bits per heavy atom. The van der Waals surface area contributed by atoms with Crippen LogP contribution >= 0.6 is 11.8 Å². The number of thioether (sulfide) groups is 1. The topological polar surface area (TPSA) is 72.8 Å². The van der Waals surface area contributed by atoms with Crippen LogP contribution in [0.25, 0.3) is 11.2 Å². The lowest BCUT2D eigenvalue weighted by Gasteiger charge is -2.01. The summed E-state index contributed by atoms with van der Waals surface area (Å²) in [7, 11) is -2.91. The Labute approximate surface area is 104 Å². The maximum Gasteiger partial charge on any atom is 0.179 e. The van der Waals surface area contributed by atoms with E-state index < -0.39 is 9.84 Å². The van der Waals surface area contributed by atoms with Gasteiger partial charge in [0.1, 0.15) is 15.4 Å². The second-order valence-electron chi connectivity index (χ2n) is 3.53. The molecule has 0 fully saturated rings. The van der Waals surface area contributed by atoms with E-state index in [1.54, 1.807) is 12.4 Å². The van der Waals surface area contributed by atoms with Crippen molar-refractivity contribution in [3.05, 3.63) is 24.5 Å². The average Bonchev–Trinajstić information content (AvgIpc) is 2.27. The molecule has 0 aliphatic rings. The maximum absolute atomic E-state index is 11.0. The van der Waals surface area contributed by atoms with Crippen molar-refractivity contribution < 1.29 is 8.42 Å². The summed E-state index contributed by atoms with van der Waals surface area (Å²) in [6.45, 7) is 0. The summed E-state index contributed by atoms with van der Waals surface area (Å²) in [5.41, 5.74) is 1.32. The minimum absolute atomic E-state index is 0.151. The molecule has 90 valence electrons. The molecule has 0 spiro atoms. The molecule has 0 saturated carbocycles. The zero-order valence-electron chi connectivity index (χ0n) is 9.20. The van der Waals surface area contributed by atoms with E-state index in [1.165, 1.54) is 18.0 Å². The molecule has 2 aromatic heterocycles. The molecule has 0 aromatic carbocycles. The molecule has 2 aromatic rings. The van der Waals surface area contributed by atoms with Gasteiger partial charge in [0.15, 0.2) is 5.65 Å². The average molecular weight is 269 g/mol. The summed E-state index contributed by atoms with van der Waals surface area (Å²) in [4.78, 5) is 12.5. The highest BCUT2D eigenvalue weighted by Crippen LogP contribution is 2.17. The van der Waals surface area contributed by atoms with Crippen LogP contribution in [0, 0.1) is 0 Å². The second-order valence-corrected chi connectivity index (χ2v) is 6.90. The van der Waals surface area contributed by atoms with Crippen LogP contribution in [0.1, 0.15) is 0 Å². The van der Waals surface area contributed by atoms with Gasteiger partial charge >= 0.3 is 0 Å². The molecule has 0 aliphatic heterocycles. The van der Waals surface area contributed by atoms with Crippen LogP contribution in [0.4, 0.5) is 0 Å². The van der Waals surface area contributed by atoms with E-state index in [-0.39, 0.29) is 5.75 Å². The molecule has 0 saturated heterocycles. The Morgan fingerprint density at radius 1 is 1.24 bits per heavy atom. The van der Waals surface area contributed by atoms with Crippen LogP contribution in [-0.2, 0) is 9.84 Å². The van der Waals surface area contributed by atoms with Gasteiger partial charge in [0, 0.05) is 24.4 Å². The number of pyridine rings is 1. The monoisotopic (exact) mass is 269 g/mol. The van der Waals surface area contributed by atoms with Gasteiger partial charge in [-0.3, -0.25) is 4.98 Å². The van der Waals surface area contributed by atoms with Gasteiger partial charge < -0.3 is 0 Å². The lowest BCUT2D eigenvalue weighted by atomic mass is 10.4. The Kier molecular flexibility index (Phi) is 3.58. The molecule has 0 bridgehead atoms. The Balaban J connectivity index is 2.09. The molecule has 7 heteroatoms. The lowest BCUT2D eigenvalue weighted by Crippen LogP contribution is -2.05. The van der Waals surface area contributed by atoms with E-state index in [0.29, 0.717) is 11.4 Å². The number of sulfone groups is 1. The first-order chi connectivity index (χ1) is 8.04. The first-order valence-electron chi connectivity index (χ1n) is 4.93. The summed E-state index contributed by atoms with van der Waals surface area (Å²) in [5.74, 6) is 0.648. The number of nitrogens with zero attached hydrogens (tertiary/aromatic N) is 3. The molecule has 17 heavy (non-hydrogen) atoms. The molecule has 2 rings (SSSR count). The Bertz CT molecular complexity index is 628. The molecular weight excluding hydrogens is 258 g/mol. The van der Waals surface area contributed by atoms with Crippen molar-refractivity contribution >= 4 is 32.8 Å². The lowest BCUT2D eigenvalue weighted by molar-refractivity contribution is 0.603. The zero-order chi connectivity index (χ0) is 12.3. The molecule has 0 unspecified atom stereocenters. The predicted octanol–water partition coefficient (Wildman–Crippen LogP) is 1.16. The van der Waals surface area contributed by atoms with Crippen LogP contribution in [0.15, 0.2) is 29.6 Å². The van der Waals surface area contributed by atoms with Gasteiger partial charge in [0.2, 0.25) is 0 Å². The summed E-state index contributed by atoms with van der Waals surface area (Å²) in [6.07, 6.45) is 4.42. The van der Waals surface area contributed by atoms with Crippen molar-refractivity contribution in [2.24, 2.45) is 0 Å². The fourth-order valence-electron chi connectivity index (χ4n) is 1.22. The van der Waals surface area contributed by atoms with Gasteiger partial charge in [0.05, 0.1) is 10.8 Å². The van der Waals surface area contributed by atoms with E-state index in [2.05, 4.69) is 15.0 Å². The van der Waals surface area contributed by atoms with Gasteiger partial charge in [-0.2, -0.15) is 0 Å². The smallest absolute Gasteiger partial charge is 0.179 e. The van der Waals surface area contributed by atoms with Crippen molar-refractivity contribution in [3.8, 4) is 0 Å². The highest BCUT2D eigenvalue weighted by atomic mass is 32.2. The van der Waals surface area contributed by atoms with Gasteiger partial charge in [-0.05, 0) is 12.1 Å². The largest absolute Gasteiger partial charge is 0.251 e. The van der Waals surface area contributed by atoms with E-state index >= 15 is 0 Å². The first kappa shape index (κ1) is 12.3. The summed E-state index contributed by atoms with van der Waals surface area (Å²) in [6, 6.07) is 3.65. The quantitative estimate of drug-likeness (QED) is 0.776. The van der Waals surface area contributed by atoms with E-state index in [0.717, 1.165) is 10.5 Å². The van der Waals surface area contributed by atoms with E-state index in [9.17, 15) is 8.42 Å². The molecule has 0 amide bonds. The molecule has 0 N–H and O–H groups in total. The normalized spacial score (nSPS) is 11.8. The molecule has 0 aliphatic carbocycles.